The van der Waals surface area contributed by atoms with Gasteiger partial charge in [0, 0.05) is 16.8 Å². The van der Waals surface area contributed by atoms with Crippen LogP contribution in [0.1, 0.15) is 27.6 Å². The average molecular weight is 375 g/mol. The van der Waals surface area contributed by atoms with Crippen LogP contribution in [0.5, 0.6) is 0 Å². The molecule has 0 radical (unpaired) electrons. The van der Waals surface area contributed by atoms with Gasteiger partial charge in [-0.1, -0.05) is 41.0 Å². The number of nitrogens with zero attached hydrogens (tertiary/aromatic N) is 2. The van der Waals surface area contributed by atoms with E-state index < -0.39 is 0 Å². The first-order valence-corrected chi connectivity index (χ1v) is 8.91. The van der Waals surface area contributed by atoms with Gasteiger partial charge < -0.3 is 9.26 Å². The zero-order valence-electron chi connectivity index (χ0n) is 13.4. The molecule has 0 N–H and O–H groups in total. The summed E-state index contributed by atoms with van der Waals surface area (Å²) in [6.45, 7) is 1.91. The third kappa shape index (κ3) is 4.84. The maximum atomic E-state index is 12.4. The van der Waals surface area contributed by atoms with Crippen molar-refractivity contribution < 1.29 is 14.1 Å². The van der Waals surface area contributed by atoms with E-state index in [4.69, 9.17) is 20.9 Å². The topological polar surface area (TPSA) is 65.2 Å². The zero-order chi connectivity index (χ0) is 17.6. The number of halogens is 1. The predicted octanol–water partition coefficient (Wildman–Crippen LogP) is 4.68. The van der Waals surface area contributed by atoms with E-state index in [2.05, 4.69) is 10.1 Å². The van der Waals surface area contributed by atoms with Gasteiger partial charge in [0.05, 0.1) is 11.3 Å². The highest BCUT2D eigenvalue weighted by Crippen LogP contribution is 2.26. The Morgan fingerprint density at radius 2 is 2.08 bits per heavy atom. The Morgan fingerprint density at radius 3 is 2.84 bits per heavy atom. The normalized spacial score (nSPS) is 10.6. The summed E-state index contributed by atoms with van der Waals surface area (Å²) in [5.74, 6) is 1.23. The molecule has 2 aromatic carbocycles. The second-order valence-corrected chi connectivity index (χ2v) is 6.67. The van der Waals surface area contributed by atoms with Gasteiger partial charge in [-0.25, -0.2) is 4.79 Å². The Kier molecular flexibility index (Phi) is 5.73. The molecule has 7 heteroatoms. The molecule has 3 aromatic rings. The number of rotatable bonds is 6. The van der Waals surface area contributed by atoms with E-state index in [0.29, 0.717) is 28.1 Å². The second kappa shape index (κ2) is 8.18. The molecule has 0 atom stereocenters. The van der Waals surface area contributed by atoms with E-state index in [-0.39, 0.29) is 12.6 Å². The lowest BCUT2D eigenvalue weighted by atomic mass is 10.2. The predicted molar refractivity (Wildman–Crippen MR) is 95.6 cm³/mol. The molecule has 0 spiro atoms. The SMILES string of the molecule is Cc1nc(CSc2ccccc2C(=O)OCc2cccc(Cl)c2)no1. The minimum absolute atomic E-state index is 0.169. The fourth-order valence-corrected chi connectivity index (χ4v) is 3.25. The molecule has 0 aliphatic carbocycles. The number of carbonyl (C=O) groups excluding carboxylic acids is 1. The number of esters is 1. The lowest BCUT2D eigenvalue weighted by Crippen LogP contribution is -2.06. The fourth-order valence-electron chi connectivity index (χ4n) is 2.16. The molecular formula is C18H15ClN2O3S. The Labute approximate surface area is 154 Å². The van der Waals surface area contributed by atoms with Crippen LogP contribution >= 0.6 is 23.4 Å². The molecule has 128 valence electrons. The van der Waals surface area contributed by atoms with Gasteiger partial charge in [-0.05, 0) is 29.8 Å². The molecule has 1 aromatic heterocycles. The molecule has 1 heterocycles. The molecule has 0 bridgehead atoms. The van der Waals surface area contributed by atoms with E-state index in [9.17, 15) is 4.79 Å². The molecule has 0 aliphatic heterocycles. The first kappa shape index (κ1) is 17.5. The summed E-state index contributed by atoms with van der Waals surface area (Å²) in [5.41, 5.74) is 1.35. The summed E-state index contributed by atoms with van der Waals surface area (Å²) in [4.78, 5) is 17.4. The third-order valence-corrected chi connectivity index (χ3v) is 4.60. The Balaban J connectivity index is 1.65. The van der Waals surface area contributed by atoms with Crippen molar-refractivity contribution >= 4 is 29.3 Å². The molecule has 0 amide bonds. The van der Waals surface area contributed by atoms with Gasteiger partial charge in [0.15, 0.2) is 5.82 Å². The lowest BCUT2D eigenvalue weighted by Gasteiger charge is -2.09. The average Bonchev–Trinajstić information content (AvgIpc) is 3.03. The van der Waals surface area contributed by atoms with Crippen LogP contribution < -0.4 is 0 Å². The van der Waals surface area contributed by atoms with Crippen molar-refractivity contribution in [3.63, 3.8) is 0 Å². The third-order valence-electron chi connectivity index (χ3n) is 3.29. The summed E-state index contributed by atoms with van der Waals surface area (Å²) in [6.07, 6.45) is 0. The number of hydrogen-bond donors (Lipinski definition) is 0. The molecule has 3 rings (SSSR count). The largest absolute Gasteiger partial charge is 0.457 e. The fraction of sp³-hybridized carbons (Fsp3) is 0.167. The molecule has 0 fully saturated rings. The highest BCUT2D eigenvalue weighted by Gasteiger charge is 2.14. The van der Waals surface area contributed by atoms with Crippen molar-refractivity contribution in [1.82, 2.24) is 10.1 Å². The maximum absolute atomic E-state index is 12.4. The van der Waals surface area contributed by atoms with Crippen molar-refractivity contribution in [3.8, 4) is 0 Å². The Bertz CT molecular complexity index is 882. The van der Waals surface area contributed by atoms with Crippen LogP contribution in [0.15, 0.2) is 57.9 Å². The van der Waals surface area contributed by atoms with Gasteiger partial charge >= 0.3 is 5.97 Å². The highest BCUT2D eigenvalue weighted by molar-refractivity contribution is 7.98. The van der Waals surface area contributed by atoms with Gasteiger partial charge in [-0.2, -0.15) is 4.98 Å². The smallest absolute Gasteiger partial charge is 0.339 e. The van der Waals surface area contributed by atoms with Gasteiger partial charge in [-0.15, -0.1) is 11.8 Å². The minimum atomic E-state index is -0.382. The van der Waals surface area contributed by atoms with E-state index in [1.54, 1.807) is 31.2 Å². The summed E-state index contributed by atoms with van der Waals surface area (Å²) in [5, 5.41) is 4.47. The van der Waals surface area contributed by atoms with Crippen LogP contribution in [0.3, 0.4) is 0 Å². The Hall–Kier alpha value is -2.31. The zero-order valence-corrected chi connectivity index (χ0v) is 15.0. The first-order valence-electron chi connectivity index (χ1n) is 7.54. The van der Waals surface area contributed by atoms with Crippen LogP contribution in [-0.2, 0) is 17.1 Å². The second-order valence-electron chi connectivity index (χ2n) is 5.22. The van der Waals surface area contributed by atoms with Crippen molar-refractivity contribution in [1.29, 1.82) is 0 Å². The lowest BCUT2D eigenvalue weighted by molar-refractivity contribution is 0.0468. The molecule has 5 nitrogen and oxygen atoms in total. The highest BCUT2D eigenvalue weighted by atomic mass is 35.5. The summed E-state index contributed by atoms with van der Waals surface area (Å²) in [7, 11) is 0. The molecule has 0 saturated heterocycles. The standard InChI is InChI=1S/C18H15ClN2O3S/c1-12-20-17(21-24-12)11-25-16-8-3-2-7-15(16)18(22)23-10-13-5-4-6-14(19)9-13/h2-9H,10-11H2,1H3. The number of hydrogen-bond acceptors (Lipinski definition) is 6. The molecule has 0 aliphatic rings. The quantitative estimate of drug-likeness (QED) is 0.461. The minimum Gasteiger partial charge on any atom is -0.457 e. The molecule has 0 saturated carbocycles. The van der Waals surface area contributed by atoms with E-state index in [1.807, 2.05) is 24.3 Å². The van der Waals surface area contributed by atoms with Gasteiger partial charge in [-0.3, -0.25) is 0 Å². The van der Waals surface area contributed by atoms with Gasteiger partial charge in [0.25, 0.3) is 0 Å². The monoisotopic (exact) mass is 374 g/mol. The number of thioether (sulfide) groups is 1. The van der Waals surface area contributed by atoms with E-state index in [0.717, 1.165) is 10.5 Å². The van der Waals surface area contributed by atoms with Crippen LogP contribution in [0, 0.1) is 6.92 Å². The number of carbonyl (C=O) groups is 1. The maximum Gasteiger partial charge on any atom is 0.339 e. The van der Waals surface area contributed by atoms with Crippen molar-refractivity contribution in [3.05, 3.63) is 76.4 Å². The van der Waals surface area contributed by atoms with Crippen LogP contribution in [0.4, 0.5) is 0 Å². The van der Waals surface area contributed by atoms with E-state index >= 15 is 0 Å². The van der Waals surface area contributed by atoms with Gasteiger partial charge in [0.1, 0.15) is 6.61 Å². The first-order chi connectivity index (χ1) is 12.1. The summed E-state index contributed by atoms with van der Waals surface area (Å²) in [6, 6.07) is 14.5. The number of benzene rings is 2. The number of ether oxygens (including phenoxy) is 1. The number of aryl methyl sites for hydroxylation is 1. The number of aromatic nitrogens is 2. The Morgan fingerprint density at radius 1 is 1.24 bits per heavy atom. The van der Waals surface area contributed by atoms with Crippen LogP contribution in [-0.4, -0.2) is 16.1 Å². The van der Waals surface area contributed by atoms with Crippen molar-refractivity contribution in [2.24, 2.45) is 0 Å². The summed E-state index contributed by atoms with van der Waals surface area (Å²) < 4.78 is 10.4. The summed E-state index contributed by atoms with van der Waals surface area (Å²) >= 11 is 7.40. The van der Waals surface area contributed by atoms with Crippen molar-refractivity contribution in [2.75, 3.05) is 0 Å². The molecule has 0 unspecified atom stereocenters. The van der Waals surface area contributed by atoms with E-state index in [1.165, 1.54) is 11.8 Å². The van der Waals surface area contributed by atoms with Gasteiger partial charge in [0.2, 0.25) is 5.89 Å². The van der Waals surface area contributed by atoms with Crippen LogP contribution in [0.25, 0.3) is 0 Å². The molecule has 25 heavy (non-hydrogen) atoms. The van der Waals surface area contributed by atoms with Crippen LogP contribution in [0.2, 0.25) is 5.02 Å². The van der Waals surface area contributed by atoms with Crippen molar-refractivity contribution in [2.45, 2.75) is 24.2 Å². The molecular weight excluding hydrogens is 360 g/mol.